The van der Waals surface area contributed by atoms with Crippen molar-refractivity contribution in [2.24, 2.45) is 0 Å². The lowest BCUT2D eigenvalue weighted by Gasteiger charge is -2.13. The van der Waals surface area contributed by atoms with Gasteiger partial charge in [0.1, 0.15) is 5.82 Å². The first-order valence-electron chi connectivity index (χ1n) is 8.62. The Morgan fingerprint density at radius 3 is 1.88 bits per heavy atom. The van der Waals surface area contributed by atoms with E-state index in [0.717, 1.165) is 12.1 Å². The van der Waals surface area contributed by atoms with E-state index in [9.17, 15) is 4.39 Å². The molecular weight excluding hydrogens is 309 g/mol. The predicted octanol–water partition coefficient (Wildman–Crippen LogP) is 5.59. The largest absolute Gasteiger partial charge is 0.307 e. The summed E-state index contributed by atoms with van der Waals surface area (Å²) in [5, 5.41) is 3.51. The number of hydrogen-bond acceptors (Lipinski definition) is 1. The molecule has 0 aromatic heterocycles. The lowest BCUT2D eigenvalue weighted by molar-refractivity contribution is 0.606. The summed E-state index contributed by atoms with van der Waals surface area (Å²) in [5.74, 6) is -0.197. The molecule has 0 saturated carbocycles. The molecule has 0 saturated heterocycles. The minimum atomic E-state index is -0.197. The zero-order chi connectivity index (χ0) is 17.2. The molecule has 1 nitrogen and oxygen atoms in total. The first kappa shape index (κ1) is 15.8. The molecule has 1 aliphatic carbocycles. The highest BCUT2D eigenvalue weighted by Crippen LogP contribution is 2.43. The molecule has 0 radical (unpaired) electrons. The molecule has 1 atom stereocenters. The first-order chi connectivity index (χ1) is 12.2. The third kappa shape index (κ3) is 3.01. The number of fused-ring (bicyclic) bond motifs is 3. The monoisotopic (exact) mass is 329 g/mol. The van der Waals surface area contributed by atoms with Crippen molar-refractivity contribution in [2.45, 2.75) is 13.0 Å². The molecule has 1 aliphatic rings. The summed E-state index contributed by atoms with van der Waals surface area (Å²) in [7, 11) is 0. The molecule has 124 valence electrons. The smallest absolute Gasteiger partial charge is 0.123 e. The van der Waals surface area contributed by atoms with Crippen LogP contribution in [0.1, 0.15) is 29.7 Å². The maximum atomic E-state index is 13.1. The van der Waals surface area contributed by atoms with Crippen LogP contribution in [0.25, 0.3) is 16.7 Å². The van der Waals surface area contributed by atoms with E-state index in [1.807, 2.05) is 12.1 Å². The summed E-state index contributed by atoms with van der Waals surface area (Å²) in [6.07, 6.45) is 2.25. The van der Waals surface area contributed by atoms with Crippen LogP contribution in [0.2, 0.25) is 0 Å². The summed E-state index contributed by atoms with van der Waals surface area (Å²) in [6, 6.07) is 24.0. The lowest BCUT2D eigenvalue weighted by atomic mass is 10.0. The van der Waals surface area contributed by atoms with Gasteiger partial charge in [-0.2, -0.15) is 0 Å². The second-order valence-electron chi connectivity index (χ2n) is 6.39. The van der Waals surface area contributed by atoms with Crippen LogP contribution in [0.3, 0.4) is 0 Å². The number of nitrogens with one attached hydrogen (secondary N) is 1. The van der Waals surface area contributed by atoms with Gasteiger partial charge in [0.15, 0.2) is 0 Å². The molecule has 4 rings (SSSR count). The molecule has 0 spiro atoms. The Balaban J connectivity index is 1.56. The fraction of sp³-hybridized carbons (Fsp3) is 0.130. The Labute approximate surface area is 147 Å². The molecule has 2 heteroatoms. The molecule has 1 N–H and O–H groups in total. The van der Waals surface area contributed by atoms with Gasteiger partial charge in [-0.15, -0.1) is 0 Å². The van der Waals surface area contributed by atoms with Gasteiger partial charge in [-0.1, -0.05) is 66.7 Å². The van der Waals surface area contributed by atoms with E-state index in [0.29, 0.717) is 0 Å². The first-order valence-corrected chi connectivity index (χ1v) is 8.62. The van der Waals surface area contributed by atoms with Gasteiger partial charge < -0.3 is 5.32 Å². The van der Waals surface area contributed by atoms with Crippen LogP contribution in [-0.2, 0) is 0 Å². The highest BCUT2D eigenvalue weighted by molar-refractivity contribution is 6.01. The molecule has 25 heavy (non-hydrogen) atoms. The fourth-order valence-electron chi connectivity index (χ4n) is 3.48. The van der Waals surface area contributed by atoms with Crippen LogP contribution in [-0.4, -0.2) is 6.54 Å². The van der Waals surface area contributed by atoms with Gasteiger partial charge in [-0.25, -0.2) is 4.39 Å². The standard InChI is InChI=1S/C23H20FN/c1-16(17-10-12-18(24)13-11-17)25-15-14-23-21-8-4-2-6-19(21)20-7-3-5-9-22(20)23/h2-14,16,25H,15H2,1H3/t16-/m1/s1. The molecule has 0 bridgehead atoms. The zero-order valence-corrected chi connectivity index (χ0v) is 14.2. The second kappa shape index (κ2) is 6.66. The molecule has 0 aliphatic heterocycles. The van der Waals surface area contributed by atoms with Crippen LogP contribution in [0, 0.1) is 5.82 Å². The van der Waals surface area contributed by atoms with E-state index >= 15 is 0 Å². The van der Waals surface area contributed by atoms with E-state index < -0.39 is 0 Å². The van der Waals surface area contributed by atoms with Crippen molar-refractivity contribution >= 4 is 5.57 Å². The quantitative estimate of drug-likeness (QED) is 0.515. The fourth-order valence-corrected chi connectivity index (χ4v) is 3.48. The van der Waals surface area contributed by atoms with Gasteiger partial charge in [0.2, 0.25) is 0 Å². The van der Waals surface area contributed by atoms with Crippen LogP contribution >= 0.6 is 0 Å². The van der Waals surface area contributed by atoms with Crippen molar-refractivity contribution in [3.05, 3.63) is 101 Å². The van der Waals surface area contributed by atoms with Crippen molar-refractivity contribution in [3.63, 3.8) is 0 Å². The van der Waals surface area contributed by atoms with E-state index in [1.165, 1.54) is 40.0 Å². The van der Waals surface area contributed by atoms with Gasteiger partial charge >= 0.3 is 0 Å². The van der Waals surface area contributed by atoms with Crippen molar-refractivity contribution in [3.8, 4) is 11.1 Å². The molecular formula is C23H20FN. The van der Waals surface area contributed by atoms with Crippen molar-refractivity contribution < 1.29 is 4.39 Å². The number of hydrogen-bond donors (Lipinski definition) is 1. The third-order valence-electron chi connectivity index (χ3n) is 4.82. The Kier molecular flexibility index (Phi) is 4.21. The normalized spacial score (nSPS) is 13.3. The molecule has 0 amide bonds. The van der Waals surface area contributed by atoms with E-state index in [4.69, 9.17) is 0 Å². The lowest BCUT2D eigenvalue weighted by Crippen LogP contribution is -2.18. The SMILES string of the molecule is C[C@@H](NCC=C1c2ccccc2-c2ccccc21)c1ccc(F)cc1. The molecule has 0 heterocycles. The van der Waals surface area contributed by atoms with Gasteiger partial charge in [0.05, 0.1) is 0 Å². The van der Waals surface area contributed by atoms with Crippen LogP contribution in [0.4, 0.5) is 4.39 Å². The number of halogens is 1. The van der Waals surface area contributed by atoms with E-state index in [1.54, 1.807) is 0 Å². The minimum absolute atomic E-state index is 0.171. The molecule has 3 aromatic carbocycles. The minimum Gasteiger partial charge on any atom is -0.307 e. The summed E-state index contributed by atoms with van der Waals surface area (Å²) in [4.78, 5) is 0. The highest BCUT2D eigenvalue weighted by Gasteiger charge is 2.21. The zero-order valence-electron chi connectivity index (χ0n) is 14.2. The summed E-state index contributed by atoms with van der Waals surface area (Å²) >= 11 is 0. The van der Waals surface area contributed by atoms with Gasteiger partial charge in [-0.3, -0.25) is 0 Å². The van der Waals surface area contributed by atoms with Crippen LogP contribution in [0.5, 0.6) is 0 Å². The number of rotatable bonds is 4. The molecule has 3 aromatic rings. The summed E-state index contributed by atoms with van der Waals surface area (Å²) in [5.41, 5.74) is 7.56. The predicted molar refractivity (Wildman–Crippen MR) is 102 cm³/mol. The van der Waals surface area contributed by atoms with Gasteiger partial charge in [-0.05, 0) is 52.4 Å². The van der Waals surface area contributed by atoms with Crippen molar-refractivity contribution in [1.82, 2.24) is 5.32 Å². The maximum absolute atomic E-state index is 13.1. The topological polar surface area (TPSA) is 12.0 Å². The molecule has 0 unspecified atom stereocenters. The maximum Gasteiger partial charge on any atom is 0.123 e. The van der Waals surface area contributed by atoms with Gasteiger partial charge in [0, 0.05) is 12.6 Å². The Bertz CT molecular complexity index is 877. The molecule has 0 fully saturated rings. The summed E-state index contributed by atoms with van der Waals surface area (Å²) in [6.45, 7) is 2.86. The van der Waals surface area contributed by atoms with E-state index in [2.05, 4.69) is 66.8 Å². The Hall–Kier alpha value is -2.71. The van der Waals surface area contributed by atoms with Crippen molar-refractivity contribution in [1.29, 1.82) is 0 Å². The Morgan fingerprint density at radius 1 is 0.800 bits per heavy atom. The van der Waals surface area contributed by atoms with E-state index in [-0.39, 0.29) is 11.9 Å². The second-order valence-corrected chi connectivity index (χ2v) is 6.39. The Morgan fingerprint density at radius 2 is 1.32 bits per heavy atom. The van der Waals surface area contributed by atoms with Crippen LogP contribution < -0.4 is 5.32 Å². The summed E-state index contributed by atoms with van der Waals surface area (Å²) < 4.78 is 13.1. The highest BCUT2D eigenvalue weighted by atomic mass is 19.1. The average molecular weight is 329 g/mol. The average Bonchev–Trinajstić information content (AvgIpc) is 2.97. The van der Waals surface area contributed by atoms with Gasteiger partial charge in [0.25, 0.3) is 0 Å². The van der Waals surface area contributed by atoms with Crippen LogP contribution in [0.15, 0.2) is 78.9 Å². The third-order valence-corrected chi connectivity index (χ3v) is 4.82. The number of benzene rings is 3. The van der Waals surface area contributed by atoms with Crippen molar-refractivity contribution in [2.75, 3.05) is 6.54 Å².